The fourth-order valence-corrected chi connectivity index (χ4v) is 2.01. The fourth-order valence-electron chi connectivity index (χ4n) is 2.01. The molecule has 2 aromatic rings. The number of aliphatic hydroxyl groups excluding tert-OH is 1. The summed E-state index contributed by atoms with van der Waals surface area (Å²) in [6.07, 6.45) is 2.75. The van der Waals surface area contributed by atoms with Crippen LogP contribution in [0.5, 0.6) is 5.75 Å². The second-order valence-corrected chi connectivity index (χ2v) is 4.73. The maximum Gasteiger partial charge on any atom is 0.119 e. The summed E-state index contributed by atoms with van der Waals surface area (Å²) in [5, 5.41) is 14.1. The maximum absolute atomic E-state index is 10.1. The van der Waals surface area contributed by atoms with Crippen LogP contribution in [-0.4, -0.2) is 41.7 Å². The Morgan fingerprint density at radius 2 is 2.10 bits per heavy atom. The zero-order valence-electron chi connectivity index (χ0n) is 11.7. The van der Waals surface area contributed by atoms with E-state index < -0.39 is 6.10 Å². The standard InChI is InChI=1S/C14H20N4O2/c1-17(12-3-5-14(20-2)6-4-12)9-13(19)10-18-8-11(15)7-16-18/h3-8,13,19H,9-10,15H2,1-2H3. The highest BCUT2D eigenvalue weighted by atomic mass is 16.5. The highest BCUT2D eigenvalue weighted by molar-refractivity contribution is 5.48. The van der Waals surface area contributed by atoms with Crippen molar-refractivity contribution in [1.82, 2.24) is 9.78 Å². The minimum absolute atomic E-state index is 0.414. The van der Waals surface area contributed by atoms with Gasteiger partial charge in [0.2, 0.25) is 0 Å². The van der Waals surface area contributed by atoms with Crippen LogP contribution < -0.4 is 15.4 Å². The first-order valence-electron chi connectivity index (χ1n) is 6.39. The van der Waals surface area contributed by atoms with Crippen LogP contribution >= 0.6 is 0 Å². The Balaban J connectivity index is 1.90. The molecule has 1 unspecified atom stereocenters. The number of aromatic nitrogens is 2. The third-order valence-corrected chi connectivity index (χ3v) is 3.05. The predicted molar refractivity (Wildman–Crippen MR) is 78.9 cm³/mol. The van der Waals surface area contributed by atoms with Gasteiger partial charge in [-0.15, -0.1) is 0 Å². The average molecular weight is 276 g/mol. The molecule has 0 aliphatic heterocycles. The summed E-state index contributed by atoms with van der Waals surface area (Å²) in [5.41, 5.74) is 7.20. The van der Waals surface area contributed by atoms with Gasteiger partial charge in [-0.1, -0.05) is 0 Å². The number of likely N-dealkylation sites (N-methyl/N-ethyl adjacent to an activating group) is 1. The monoisotopic (exact) mass is 276 g/mol. The summed E-state index contributed by atoms with van der Waals surface area (Å²) in [7, 11) is 3.57. The fraction of sp³-hybridized carbons (Fsp3) is 0.357. The van der Waals surface area contributed by atoms with Crippen molar-refractivity contribution < 1.29 is 9.84 Å². The largest absolute Gasteiger partial charge is 0.497 e. The lowest BCUT2D eigenvalue weighted by molar-refractivity contribution is 0.156. The van der Waals surface area contributed by atoms with E-state index in [-0.39, 0.29) is 0 Å². The van der Waals surface area contributed by atoms with Gasteiger partial charge in [0.15, 0.2) is 0 Å². The van der Waals surface area contributed by atoms with E-state index in [1.54, 1.807) is 24.2 Å². The summed E-state index contributed by atoms with van der Waals surface area (Å²) in [4.78, 5) is 1.98. The highest BCUT2D eigenvalue weighted by Crippen LogP contribution is 2.18. The first-order chi connectivity index (χ1) is 9.58. The minimum atomic E-state index is -0.526. The van der Waals surface area contributed by atoms with Crippen molar-refractivity contribution >= 4 is 11.4 Å². The third-order valence-electron chi connectivity index (χ3n) is 3.05. The molecule has 3 N–H and O–H groups in total. The van der Waals surface area contributed by atoms with Crippen molar-refractivity contribution in [2.24, 2.45) is 0 Å². The van der Waals surface area contributed by atoms with Gasteiger partial charge in [0.05, 0.1) is 31.6 Å². The van der Waals surface area contributed by atoms with Gasteiger partial charge < -0.3 is 20.5 Å². The van der Waals surface area contributed by atoms with Crippen molar-refractivity contribution in [1.29, 1.82) is 0 Å². The van der Waals surface area contributed by atoms with E-state index in [4.69, 9.17) is 10.5 Å². The molecule has 2 rings (SSSR count). The van der Waals surface area contributed by atoms with Crippen LogP contribution in [0.2, 0.25) is 0 Å². The first kappa shape index (κ1) is 14.2. The third kappa shape index (κ3) is 3.64. The normalized spacial score (nSPS) is 12.2. The topological polar surface area (TPSA) is 76.5 Å². The van der Waals surface area contributed by atoms with Crippen LogP contribution in [0.4, 0.5) is 11.4 Å². The second kappa shape index (κ2) is 6.29. The summed E-state index contributed by atoms with van der Waals surface area (Å²) < 4.78 is 6.76. The molecule has 0 aliphatic rings. The van der Waals surface area contributed by atoms with E-state index in [1.165, 1.54) is 0 Å². The number of rotatable bonds is 6. The van der Waals surface area contributed by atoms with Gasteiger partial charge in [0.25, 0.3) is 0 Å². The number of hydrogen-bond donors (Lipinski definition) is 2. The molecule has 1 aromatic heterocycles. The van der Waals surface area contributed by atoms with Gasteiger partial charge in [-0.3, -0.25) is 4.68 Å². The van der Waals surface area contributed by atoms with Gasteiger partial charge in [0, 0.05) is 25.5 Å². The lowest BCUT2D eigenvalue weighted by Gasteiger charge is -2.23. The van der Waals surface area contributed by atoms with Crippen LogP contribution in [0.1, 0.15) is 0 Å². The van der Waals surface area contributed by atoms with Crippen molar-refractivity contribution in [3.8, 4) is 5.75 Å². The van der Waals surface area contributed by atoms with Crippen molar-refractivity contribution in [3.05, 3.63) is 36.7 Å². The van der Waals surface area contributed by atoms with Gasteiger partial charge >= 0.3 is 0 Å². The Bertz CT molecular complexity index is 538. The molecule has 20 heavy (non-hydrogen) atoms. The number of aliphatic hydroxyl groups is 1. The van der Waals surface area contributed by atoms with E-state index in [2.05, 4.69) is 5.10 Å². The molecular formula is C14H20N4O2. The summed E-state index contributed by atoms with van der Waals surface area (Å²) in [6.45, 7) is 0.920. The average Bonchev–Trinajstić information content (AvgIpc) is 2.84. The molecule has 1 heterocycles. The lowest BCUT2D eigenvalue weighted by atomic mass is 10.2. The van der Waals surface area contributed by atoms with Crippen LogP contribution in [0.25, 0.3) is 0 Å². The van der Waals surface area contributed by atoms with Crippen LogP contribution in [0, 0.1) is 0 Å². The molecule has 6 heteroatoms. The quantitative estimate of drug-likeness (QED) is 0.822. The maximum atomic E-state index is 10.1. The zero-order chi connectivity index (χ0) is 14.5. The van der Waals surface area contributed by atoms with Crippen molar-refractivity contribution in [2.45, 2.75) is 12.6 Å². The van der Waals surface area contributed by atoms with Crippen LogP contribution in [0.15, 0.2) is 36.7 Å². The lowest BCUT2D eigenvalue weighted by Crippen LogP contribution is -2.32. The summed E-state index contributed by atoms with van der Waals surface area (Å²) in [5.74, 6) is 0.815. The molecule has 0 bridgehead atoms. The number of nitrogens with two attached hydrogens (primary N) is 1. The Morgan fingerprint density at radius 3 is 2.65 bits per heavy atom. The molecule has 1 atom stereocenters. The van der Waals surface area contributed by atoms with E-state index in [0.717, 1.165) is 11.4 Å². The van der Waals surface area contributed by atoms with Crippen molar-refractivity contribution in [2.75, 3.05) is 31.3 Å². The molecule has 0 aliphatic carbocycles. The number of nitrogen functional groups attached to an aromatic ring is 1. The van der Waals surface area contributed by atoms with Crippen LogP contribution in [0.3, 0.4) is 0 Å². The van der Waals surface area contributed by atoms with Gasteiger partial charge in [-0.05, 0) is 24.3 Å². The molecule has 6 nitrogen and oxygen atoms in total. The molecule has 0 spiro atoms. The summed E-state index contributed by atoms with van der Waals surface area (Å²) >= 11 is 0. The van der Waals surface area contributed by atoms with E-state index in [1.807, 2.05) is 36.2 Å². The minimum Gasteiger partial charge on any atom is -0.497 e. The molecule has 0 saturated heterocycles. The van der Waals surface area contributed by atoms with Crippen molar-refractivity contribution in [3.63, 3.8) is 0 Å². The number of nitrogens with zero attached hydrogens (tertiary/aromatic N) is 3. The SMILES string of the molecule is COc1ccc(N(C)CC(O)Cn2cc(N)cn2)cc1. The number of methoxy groups -OCH3 is 1. The number of ether oxygens (including phenoxy) is 1. The Morgan fingerprint density at radius 1 is 1.40 bits per heavy atom. The van der Waals surface area contributed by atoms with Gasteiger partial charge in [0.1, 0.15) is 5.75 Å². The van der Waals surface area contributed by atoms with E-state index in [0.29, 0.717) is 18.8 Å². The molecule has 0 radical (unpaired) electrons. The molecular weight excluding hydrogens is 256 g/mol. The second-order valence-electron chi connectivity index (χ2n) is 4.73. The molecule has 0 fully saturated rings. The van der Waals surface area contributed by atoms with E-state index in [9.17, 15) is 5.11 Å². The molecule has 1 aromatic carbocycles. The first-order valence-corrected chi connectivity index (χ1v) is 6.39. The summed E-state index contributed by atoms with van der Waals surface area (Å²) in [6, 6.07) is 7.70. The predicted octanol–water partition coefficient (Wildman–Crippen LogP) is 0.971. The highest BCUT2D eigenvalue weighted by Gasteiger charge is 2.10. The smallest absolute Gasteiger partial charge is 0.119 e. The molecule has 0 saturated carbocycles. The Hall–Kier alpha value is -2.21. The molecule has 108 valence electrons. The van der Waals surface area contributed by atoms with Gasteiger partial charge in [-0.2, -0.15) is 5.10 Å². The number of anilines is 2. The van der Waals surface area contributed by atoms with E-state index >= 15 is 0 Å². The Kier molecular flexibility index (Phi) is 4.47. The Labute approximate surface area is 118 Å². The number of hydrogen-bond acceptors (Lipinski definition) is 5. The van der Waals surface area contributed by atoms with Gasteiger partial charge in [-0.25, -0.2) is 0 Å². The zero-order valence-corrected chi connectivity index (χ0v) is 11.7. The van der Waals surface area contributed by atoms with Crippen LogP contribution in [-0.2, 0) is 6.54 Å². The number of benzene rings is 1. The molecule has 0 amide bonds.